The van der Waals surface area contributed by atoms with Crippen LogP contribution in [-0.4, -0.2) is 53.8 Å². The normalized spacial score (nSPS) is 15.3. The molecule has 6 nitrogen and oxygen atoms in total. The number of ether oxygens (including phenoxy) is 1. The number of benzene rings is 1. The summed E-state index contributed by atoms with van der Waals surface area (Å²) in [6.07, 6.45) is 5.36. The Morgan fingerprint density at radius 1 is 1.38 bits per heavy atom. The number of aryl methyl sites for hydroxylation is 1. The fraction of sp³-hybridized carbons (Fsp3) is 0.444. The average molecular weight is 328 g/mol. The van der Waals surface area contributed by atoms with E-state index >= 15 is 0 Å². The Kier molecular flexibility index (Phi) is 4.85. The van der Waals surface area contributed by atoms with Crippen LogP contribution in [0.2, 0.25) is 0 Å². The van der Waals surface area contributed by atoms with Crippen molar-refractivity contribution < 1.29 is 9.53 Å². The molecule has 1 aromatic heterocycles. The molecule has 1 amide bonds. The molecule has 6 heteroatoms. The van der Waals surface area contributed by atoms with Gasteiger partial charge in [-0.05, 0) is 56.6 Å². The molecule has 1 aliphatic rings. The maximum Gasteiger partial charge on any atom is 0.329 e. The van der Waals surface area contributed by atoms with E-state index in [4.69, 9.17) is 4.74 Å². The van der Waals surface area contributed by atoms with Gasteiger partial charge in [0.15, 0.2) is 0 Å². The minimum atomic E-state index is -0.0362. The van der Waals surface area contributed by atoms with Gasteiger partial charge in [0.05, 0.1) is 12.8 Å². The van der Waals surface area contributed by atoms with Gasteiger partial charge in [-0.1, -0.05) is 0 Å². The highest BCUT2D eigenvalue weighted by Crippen LogP contribution is 2.25. The second kappa shape index (κ2) is 7.05. The summed E-state index contributed by atoms with van der Waals surface area (Å²) in [5.74, 6) is 0.847. The molecule has 1 fully saturated rings. The van der Waals surface area contributed by atoms with Crippen molar-refractivity contribution in [3.8, 4) is 17.0 Å². The standard InChI is InChI=1S/C18H24N4O2/c1-13-10-14(4-5-17(13)24-3)16-11-22(12-20-16)18(23)21(2)15-6-8-19-9-7-15/h4-5,10-12,15,19H,6-9H2,1-3H3. The van der Waals surface area contributed by atoms with Crippen LogP contribution in [0.1, 0.15) is 18.4 Å². The molecule has 128 valence electrons. The van der Waals surface area contributed by atoms with Gasteiger partial charge in [0.2, 0.25) is 0 Å². The molecular weight excluding hydrogens is 304 g/mol. The topological polar surface area (TPSA) is 59.4 Å². The van der Waals surface area contributed by atoms with Gasteiger partial charge in [0.25, 0.3) is 0 Å². The summed E-state index contributed by atoms with van der Waals surface area (Å²) < 4.78 is 6.85. The van der Waals surface area contributed by atoms with E-state index in [0.29, 0.717) is 0 Å². The van der Waals surface area contributed by atoms with E-state index in [1.807, 2.05) is 37.1 Å². The Labute approximate surface area is 142 Å². The van der Waals surface area contributed by atoms with Crippen molar-refractivity contribution in [2.24, 2.45) is 0 Å². The van der Waals surface area contributed by atoms with E-state index in [2.05, 4.69) is 10.3 Å². The molecule has 1 saturated heterocycles. The van der Waals surface area contributed by atoms with E-state index in [-0.39, 0.29) is 12.1 Å². The van der Waals surface area contributed by atoms with E-state index in [1.54, 1.807) is 24.2 Å². The second-order valence-corrected chi connectivity index (χ2v) is 6.23. The average Bonchev–Trinajstić information content (AvgIpc) is 3.11. The third kappa shape index (κ3) is 3.28. The molecule has 1 aliphatic heterocycles. The molecule has 0 aliphatic carbocycles. The molecule has 3 rings (SSSR count). The van der Waals surface area contributed by atoms with Gasteiger partial charge in [-0.15, -0.1) is 0 Å². The molecule has 2 heterocycles. The van der Waals surface area contributed by atoms with Gasteiger partial charge in [-0.25, -0.2) is 9.78 Å². The summed E-state index contributed by atoms with van der Waals surface area (Å²) in [6.45, 7) is 3.92. The molecule has 1 aromatic carbocycles. The van der Waals surface area contributed by atoms with Crippen LogP contribution < -0.4 is 10.1 Å². The number of hydrogen-bond donors (Lipinski definition) is 1. The lowest BCUT2D eigenvalue weighted by atomic mass is 10.1. The zero-order chi connectivity index (χ0) is 17.1. The lowest BCUT2D eigenvalue weighted by Gasteiger charge is -2.31. The van der Waals surface area contributed by atoms with Crippen molar-refractivity contribution in [3.05, 3.63) is 36.3 Å². The molecule has 0 radical (unpaired) electrons. The molecular formula is C18H24N4O2. The fourth-order valence-corrected chi connectivity index (χ4v) is 3.15. The first kappa shape index (κ1) is 16.5. The van der Waals surface area contributed by atoms with Crippen LogP contribution in [0.15, 0.2) is 30.7 Å². The molecule has 0 saturated carbocycles. The van der Waals surface area contributed by atoms with Crippen LogP contribution in [-0.2, 0) is 0 Å². The van der Waals surface area contributed by atoms with Crippen LogP contribution in [0.3, 0.4) is 0 Å². The molecule has 2 aromatic rings. The number of nitrogens with zero attached hydrogens (tertiary/aromatic N) is 3. The highest BCUT2D eigenvalue weighted by molar-refractivity contribution is 5.78. The highest BCUT2D eigenvalue weighted by atomic mass is 16.5. The summed E-state index contributed by atoms with van der Waals surface area (Å²) in [7, 11) is 3.53. The Morgan fingerprint density at radius 2 is 2.12 bits per heavy atom. The number of carbonyl (C=O) groups excluding carboxylic acids is 1. The molecule has 1 N–H and O–H groups in total. The van der Waals surface area contributed by atoms with Gasteiger partial charge in [-0.2, -0.15) is 0 Å². The first-order valence-corrected chi connectivity index (χ1v) is 8.27. The predicted molar refractivity (Wildman–Crippen MR) is 93.4 cm³/mol. The summed E-state index contributed by atoms with van der Waals surface area (Å²) in [6, 6.07) is 6.15. The van der Waals surface area contributed by atoms with Crippen molar-refractivity contribution in [2.75, 3.05) is 27.2 Å². The number of methoxy groups -OCH3 is 1. The van der Waals surface area contributed by atoms with Crippen LogP contribution >= 0.6 is 0 Å². The Balaban J connectivity index is 1.77. The van der Waals surface area contributed by atoms with E-state index in [0.717, 1.165) is 48.5 Å². The van der Waals surface area contributed by atoms with E-state index in [1.165, 1.54) is 0 Å². The van der Waals surface area contributed by atoms with Gasteiger partial charge in [0.1, 0.15) is 12.1 Å². The van der Waals surface area contributed by atoms with Crippen molar-refractivity contribution in [3.63, 3.8) is 0 Å². The van der Waals surface area contributed by atoms with Gasteiger partial charge >= 0.3 is 6.03 Å². The lowest BCUT2D eigenvalue weighted by molar-refractivity contribution is 0.178. The van der Waals surface area contributed by atoms with Crippen molar-refractivity contribution in [1.29, 1.82) is 0 Å². The number of piperidine rings is 1. The number of amides is 1. The maximum absolute atomic E-state index is 12.7. The van der Waals surface area contributed by atoms with Gasteiger partial charge in [-0.3, -0.25) is 4.57 Å². The Bertz CT molecular complexity index is 720. The first-order chi connectivity index (χ1) is 11.6. The van der Waals surface area contributed by atoms with Crippen LogP contribution in [0.4, 0.5) is 4.79 Å². The van der Waals surface area contributed by atoms with Crippen molar-refractivity contribution in [2.45, 2.75) is 25.8 Å². The maximum atomic E-state index is 12.7. The summed E-state index contributed by atoms with van der Waals surface area (Å²) in [5, 5.41) is 3.32. The number of rotatable bonds is 3. The minimum absolute atomic E-state index is 0.0362. The van der Waals surface area contributed by atoms with E-state index < -0.39 is 0 Å². The summed E-state index contributed by atoms with van der Waals surface area (Å²) >= 11 is 0. The molecule has 0 atom stereocenters. The largest absolute Gasteiger partial charge is 0.496 e. The molecule has 0 spiro atoms. The lowest BCUT2D eigenvalue weighted by Crippen LogP contribution is -2.45. The number of nitrogens with one attached hydrogen (secondary N) is 1. The summed E-state index contributed by atoms with van der Waals surface area (Å²) in [5.41, 5.74) is 2.81. The second-order valence-electron chi connectivity index (χ2n) is 6.23. The van der Waals surface area contributed by atoms with Crippen molar-refractivity contribution >= 4 is 6.03 Å². The monoisotopic (exact) mass is 328 g/mol. The molecule has 0 bridgehead atoms. The van der Waals surface area contributed by atoms with Crippen LogP contribution in [0.25, 0.3) is 11.3 Å². The smallest absolute Gasteiger partial charge is 0.329 e. The van der Waals surface area contributed by atoms with Gasteiger partial charge < -0.3 is 15.0 Å². The number of aromatic nitrogens is 2. The van der Waals surface area contributed by atoms with Gasteiger partial charge in [0, 0.05) is 24.8 Å². The highest BCUT2D eigenvalue weighted by Gasteiger charge is 2.23. The zero-order valence-electron chi connectivity index (χ0n) is 14.5. The number of imidazole rings is 1. The first-order valence-electron chi connectivity index (χ1n) is 8.27. The van der Waals surface area contributed by atoms with Crippen LogP contribution in [0, 0.1) is 6.92 Å². The SMILES string of the molecule is COc1ccc(-c2cn(C(=O)N(C)C3CCNCC3)cn2)cc1C. The van der Waals surface area contributed by atoms with Crippen molar-refractivity contribution in [1.82, 2.24) is 19.8 Å². The number of carbonyl (C=O) groups is 1. The molecule has 0 unspecified atom stereocenters. The predicted octanol–water partition coefficient (Wildman–Crippen LogP) is 2.52. The minimum Gasteiger partial charge on any atom is -0.496 e. The molecule has 24 heavy (non-hydrogen) atoms. The zero-order valence-corrected chi connectivity index (χ0v) is 14.5. The van der Waals surface area contributed by atoms with E-state index in [9.17, 15) is 4.79 Å². The Morgan fingerprint density at radius 3 is 2.79 bits per heavy atom. The third-order valence-electron chi connectivity index (χ3n) is 4.65. The third-order valence-corrected chi connectivity index (χ3v) is 4.65. The fourth-order valence-electron chi connectivity index (χ4n) is 3.15. The Hall–Kier alpha value is -2.34. The summed E-state index contributed by atoms with van der Waals surface area (Å²) in [4.78, 5) is 18.9. The quantitative estimate of drug-likeness (QED) is 0.940. The van der Waals surface area contributed by atoms with Crippen LogP contribution in [0.5, 0.6) is 5.75 Å². The number of hydrogen-bond acceptors (Lipinski definition) is 4.